The molecule has 2 saturated heterocycles. The van der Waals surface area contributed by atoms with Crippen molar-refractivity contribution in [2.24, 2.45) is 5.92 Å². The third kappa shape index (κ3) is 2.83. The standard InChI is InChI=1S/C17H25N3O/c1-12-6-4-5-7-15(12)16-18-13(2)17(21)20(16)11-14-8-9-19(3)10-14/h4-7,13-14,16,18H,8-11H2,1-3H3. The summed E-state index contributed by atoms with van der Waals surface area (Å²) in [5.74, 6) is 0.829. The van der Waals surface area contributed by atoms with E-state index in [-0.39, 0.29) is 18.1 Å². The molecule has 4 nitrogen and oxygen atoms in total. The summed E-state index contributed by atoms with van der Waals surface area (Å²) in [5.41, 5.74) is 2.46. The molecule has 21 heavy (non-hydrogen) atoms. The number of aryl methyl sites for hydroxylation is 1. The number of nitrogens with one attached hydrogen (secondary N) is 1. The van der Waals surface area contributed by atoms with E-state index in [9.17, 15) is 4.79 Å². The molecule has 1 N–H and O–H groups in total. The van der Waals surface area contributed by atoms with Crippen LogP contribution in [0.4, 0.5) is 0 Å². The van der Waals surface area contributed by atoms with E-state index in [4.69, 9.17) is 0 Å². The van der Waals surface area contributed by atoms with Gasteiger partial charge in [0, 0.05) is 13.1 Å². The van der Waals surface area contributed by atoms with E-state index in [1.54, 1.807) is 0 Å². The number of nitrogens with zero attached hydrogens (tertiary/aromatic N) is 2. The molecule has 2 heterocycles. The molecule has 0 spiro atoms. The highest BCUT2D eigenvalue weighted by atomic mass is 16.2. The maximum atomic E-state index is 12.5. The number of hydrogen-bond acceptors (Lipinski definition) is 3. The minimum Gasteiger partial charge on any atom is -0.321 e. The normalized spacial score (nSPS) is 30.3. The van der Waals surface area contributed by atoms with E-state index in [1.165, 1.54) is 17.5 Å². The van der Waals surface area contributed by atoms with Gasteiger partial charge in [-0.1, -0.05) is 24.3 Å². The highest BCUT2D eigenvalue weighted by Crippen LogP contribution is 2.29. The Bertz CT molecular complexity index is 531. The second-order valence-electron chi connectivity index (χ2n) is 6.56. The van der Waals surface area contributed by atoms with Gasteiger partial charge in [-0.3, -0.25) is 10.1 Å². The van der Waals surface area contributed by atoms with Crippen LogP contribution in [0.5, 0.6) is 0 Å². The Balaban J connectivity index is 1.81. The molecule has 114 valence electrons. The zero-order valence-corrected chi connectivity index (χ0v) is 13.2. The molecule has 2 aliphatic heterocycles. The summed E-state index contributed by atoms with van der Waals surface area (Å²) in [7, 11) is 2.16. The average molecular weight is 287 g/mol. The molecule has 2 aliphatic rings. The van der Waals surface area contributed by atoms with Crippen LogP contribution in [0.25, 0.3) is 0 Å². The van der Waals surface area contributed by atoms with Crippen molar-refractivity contribution in [2.75, 3.05) is 26.7 Å². The first-order valence-corrected chi connectivity index (χ1v) is 7.87. The molecule has 0 bridgehead atoms. The highest BCUT2D eigenvalue weighted by molar-refractivity contribution is 5.84. The van der Waals surface area contributed by atoms with Crippen molar-refractivity contribution in [3.8, 4) is 0 Å². The molecule has 1 aromatic carbocycles. The van der Waals surface area contributed by atoms with Gasteiger partial charge in [0.2, 0.25) is 5.91 Å². The minimum atomic E-state index is -0.0891. The molecule has 0 aromatic heterocycles. The van der Waals surface area contributed by atoms with Gasteiger partial charge in [0.15, 0.2) is 0 Å². The molecule has 1 aromatic rings. The van der Waals surface area contributed by atoms with Crippen LogP contribution in [0.1, 0.15) is 30.6 Å². The molecule has 3 unspecified atom stereocenters. The number of likely N-dealkylation sites (tertiary alicyclic amines) is 1. The van der Waals surface area contributed by atoms with Gasteiger partial charge >= 0.3 is 0 Å². The number of rotatable bonds is 3. The third-order valence-corrected chi connectivity index (χ3v) is 4.80. The lowest BCUT2D eigenvalue weighted by Crippen LogP contribution is -2.36. The van der Waals surface area contributed by atoms with Crippen LogP contribution in [0.2, 0.25) is 0 Å². The largest absolute Gasteiger partial charge is 0.321 e. The molecule has 1 amide bonds. The fraction of sp³-hybridized carbons (Fsp3) is 0.588. The second kappa shape index (κ2) is 5.78. The van der Waals surface area contributed by atoms with E-state index >= 15 is 0 Å². The van der Waals surface area contributed by atoms with Crippen LogP contribution in [0.15, 0.2) is 24.3 Å². The predicted octanol–water partition coefficient (Wildman–Crippen LogP) is 1.77. The molecular formula is C17H25N3O. The third-order valence-electron chi connectivity index (χ3n) is 4.80. The Morgan fingerprint density at radius 3 is 2.76 bits per heavy atom. The summed E-state index contributed by atoms with van der Waals surface area (Å²) >= 11 is 0. The topological polar surface area (TPSA) is 35.6 Å². The van der Waals surface area contributed by atoms with Crippen molar-refractivity contribution in [3.63, 3.8) is 0 Å². The first-order chi connectivity index (χ1) is 10.1. The number of hydrogen-bond donors (Lipinski definition) is 1. The van der Waals surface area contributed by atoms with Crippen molar-refractivity contribution in [2.45, 2.75) is 32.5 Å². The molecular weight excluding hydrogens is 262 g/mol. The summed E-state index contributed by atoms with van der Waals surface area (Å²) in [5, 5.41) is 3.46. The number of benzene rings is 1. The van der Waals surface area contributed by atoms with Crippen LogP contribution in [0, 0.1) is 12.8 Å². The van der Waals surface area contributed by atoms with Crippen molar-refractivity contribution in [1.29, 1.82) is 0 Å². The monoisotopic (exact) mass is 287 g/mol. The van der Waals surface area contributed by atoms with Crippen LogP contribution < -0.4 is 5.32 Å². The first kappa shape index (κ1) is 14.5. The average Bonchev–Trinajstić information content (AvgIpc) is 2.98. The fourth-order valence-electron chi connectivity index (χ4n) is 3.57. The van der Waals surface area contributed by atoms with Crippen LogP contribution in [0.3, 0.4) is 0 Å². The van der Waals surface area contributed by atoms with E-state index < -0.39 is 0 Å². The second-order valence-corrected chi connectivity index (χ2v) is 6.56. The first-order valence-electron chi connectivity index (χ1n) is 7.87. The lowest BCUT2D eigenvalue weighted by molar-refractivity contribution is -0.130. The van der Waals surface area contributed by atoms with Gasteiger partial charge in [-0.15, -0.1) is 0 Å². The van der Waals surface area contributed by atoms with E-state index in [0.717, 1.165) is 19.6 Å². The van der Waals surface area contributed by atoms with E-state index in [0.29, 0.717) is 5.92 Å². The Morgan fingerprint density at radius 2 is 2.10 bits per heavy atom. The van der Waals surface area contributed by atoms with Crippen LogP contribution >= 0.6 is 0 Å². The van der Waals surface area contributed by atoms with Gasteiger partial charge in [-0.05, 0) is 50.9 Å². The maximum Gasteiger partial charge on any atom is 0.241 e. The quantitative estimate of drug-likeness (QED) is 0.920. The van der Waals surface area contributed by atoms with Crippen molar-refractivity contribution < 1.29 is 4.79 Å². The molecule has 3 rings (SSSR count). The highest BCUT2D eigenvalue weighted by Gasteiger charge is 2.39. The zero-order chi connectivity index (χ0) is 15.0. The van der Waals surface area contributed by atoms with Gasteiger partial charge in [-0.2, -0.15) is 0 Å². The van der Waals surface area contributed by atoms with E-state index in [1.807, 2.05) is 6.92 Å². The van der Waals surface area contributed by atoms with E-state index in [2.05, 4.69) is 53.4 Å². The fourth-order valence-corrected chi connectivity index (χ4v) is 3.57. The number of carbonyl (C=O) groups excluding carboxylic acids is 1. The Morgan fingerprint density at radius 1 is 1.33 bits per heavy atom. The van der Waals surface area contributed by atoms with Crippen LogP contribution in [-0.2, 0) is 4.79 Å². The molecule has 2 fully saturated rings. The summed E-state index contributed by atoms with van der Waals surface area (Å²) in [6.07, 6.45) is 1.22. The van der Waals surface area contributed by atoms with Gasteiger partial charge in [-0.25, -0.2) is 0 Å². The van der Waals surface area contributed by atoms with Gasteiger partial charge in [0.1, 0.15) is 6.17 Å². The lowest BCUT2D eigenvalue weighted by atomic mass is 10.0. The van der Waals surface area contributed by atoms with Crippen LogP contribution in [-0.4, -0.2) is 48.4 Å². The summed E-state index contributed by atoms with van der Waals surface area (Å²) < 4.78 is 0. The SMILES string of the molecule is Cc1ccccc1C1NC(C)C(=O)N1CC1CCN(C)C1. The predicted molar refractivity (Wildman–Crippen MR) is 83.8 cm³/mol. The zero-order valence-electron chi connectivity index (χ0n) is 13.2. The maximum absolute atomic E-state index is 12.5. The molecule has 3 atom stereocenters. The Kier molecular flexibility index (Phi) is 4.00. The summed E-state index contributed by atoms with van der Waals surface area (Å²) in [6, 6.07) is 8.26. The molecule has 0 aliphatic carbocycles. The van der Waals surface area contributed by atoms with Gasteiger partial charge in [0.05, 0.1) is 6.04 Å². The van der Waals surface area contributed by atoms with Crippen molar-refractivity contribution in [3.05, 3.63) is 35.4 Å². The molecule has 4 heteroatoms. The number of amides is 1. The smallest absolute Gasteiger partial charge is 0.241 e. The van der Waals surface area contributed by atoms with Crippen molar-refractivity contribution in [1.82, 2.24) is 15.1 Å². The minimum absolute atomic E-state index is 0.0274. The summed E-state index contributed by atoms with van der Waals surface area (Å²) in [4.78, 5) is 16.9. The van der Waals surface area contributed by atoms with Gasteiger partial charge in [0.25, 0.3) is 0 Å². The molecule has 0 saturated carbocycles. The summed E-state index contributed by atoms with van der Waals surface area (Å²) in [6.45, 7) is 7.18. The Hall–Kier alpha value is -1.39. The Labute approximate surface area is 127 Å². The lowest BCUT2D eigenvalue weighted by Gasteiger charge is -2.28. The van der Waals surface area contributed by atoms with Crippen molar-refractivity contribution >= 4 is 5.91 Å². The van der Waals surface area contributed by atoms with Gasteiger partial charge < -0.3 is 9.80 Å². The molecule has 0 radical (unpaired) electrons. The number of carbonyl (C=O) groups is 1.